The molecule has 0 spiro atoms. The summed E-state index contributed by atoms with van der Waals surface area (Å²) < 4.78 is 38.7. The van der Waals surface area contributed by atoms with E-state index in [4.69, 9.17) is 9.47 Å². The number of halogens is 1. The summed E-state index contributed by atoms with van der Waals surface area (Å²) in [4.78, 5) is 25.0. The van der Waals surface area contributed by atoms with Gasteiger partial charge in [0.1, 0.15) is 11.5 Å². The highest BCUT2D eigenvalue weighted by molar-refractivity contribution is 9.10. The van der Waals surface area contributed by atoms with Gasteiger partial charge in [-0.1, -0.05) is 15.9 Å². The van der Waals surface area contributed by atoms with E-state index in [2.05, 4.69) is 31.5 Å². The van der Waals surface area contributed by atoms with Gasteiger partial charge in [-0.3, -0.25) is 25.2 Å². The van der Waals surface area contributed by atoms with Crippen LogP contribution < -0.4 is 25.0 Å². The number of rotatable bonds is 7. The number of hydrogen-bond donors (Lipinski definition) is 3. The van der Waals surface area contributed by atoms with Crippen molar-refractivity contribution in [2.24, 2.45) is 0 Å². The number of ether oxygens (including phenoxy) is 2. The predicted molar refractivity (Wildman–Crippen MR) is 131 cm³/mol. The monoisotopic (exact) mass is 547 g/mol. The van der Waals surface area contributed by atoms with Gasteiger partial charge in [-0.2, -0.15) is 0 Å². The van der Waals surface area contributed by atoms with Gasteiger partial charge in [0.15, 0.2) is 0 Å². The first-order valence-electron chi connectivity index (χ1n) is 9.86. The molecule has 0 atom stereocenters. The Labute approximate surface area is 205 Å². The average Bonchev–Trinajstić information content (AvgIpc) is 2.83. The summed E-state index contributed by atoms with van der Waals surface area (Å²) in [6.45, 7) is 1.80. The molecule has 0 fully saturated rings. The van der Waals surface area contributed by atoms with Gasteiger partial charge >= 0.3 is 0 Å². The van der Waals surface area contributed by atoms with E-state index in [1.54, 1.807) is 19.1 Å². The van der Waals surface area contributed by atoms with E-state index in [9.17, 15) is 18.0 Å². The van der Waals surface area contributed by atoms with Crippen LogP contribution in [-0.2, 0) is 10.0 Å². The maximum atomic E-state index is 12.5. The van der Waals surface area contributed by atoms with Gasteiger partial charge in [0.05, 0.1) is 19.1 Å². The zero-order chi connectivity index (χ0) is 24.9. The number of nitrogens with one attached hydrogen (secondary N) is 3. The fourth-order valence-corrected chi connectivity index (χ4v) is 4.32. The SMILES string of the molecule is COc1cc(C(=O)NNC(=O)c2ccc(NS(=O)(=O)c3ccc(Br)cc3)cc2)cc(OC)c1C. The van der Waals surface area contributed by atoms with Crippen molar-refractivity contribution in [3.63, 3.8) is 0 Å². The molecule has 0 saturated carbocycles. The number of anilines is 1. The number of methoxy groups -OCH3 is 2. The van der Waals surface area contributed by atoms with Crippen molar-refractivity contribution in [2.75, 3.05) is 18.9 Å². The van der Waals surface area contributed by atoms with E-state index in [1.807, 2.05) is 0 Å². The van der Waals surface area contributed by atoms with E-state index in [1.165, 1.54) is 62.8 Å². The highest BCUT2D eigenvalue weighted by Crippen LogP contribution is 2.29. The van der Waals surface area contributed by atoms with Gasteiger partial charge in [0, 0.05) is 26.9 Å². The molecule has 0 radical (unpaired) electrons. The average molecular weight is 548 g/mol. The van der Waals surface area contributed by atoms with E-state index in [0.29, 0.717) is 11.5 Å². The minimum atomic E-state index is -3.78. The molecule has 0 heterocycles. The fourth-order valence-electron chi connectivity index (χ4n) is 2.99. The number of amides is 2. The largest absolute Gasteiger partial charge is 0.496 e. The predicted octanol–water partition coefficient (Wildman–Crippen LogP) is 3.65. The van der Waals surface area contributed by atoms with Crippen LogP contribution in [0.15, 0.2) is 70.0 Å². The Morgan fingerprint density at radius 3 is 1.79 bits per heavy atom. The van der Waals surface area contributed by atoms with Crippen LogP contribution in [0.1, 0.15) is 26.3 Å². The summed E-state index contributed by atoms with van der Waals surface area (Å²) in [7, 11) is -0.819. The van der Waals surface area contributed by atoms with E-state index in [0.717, 1.165) is 10.0 Å². The van der Waals surface area contributed by atoms with Crippen molar-refractivity contribution in [3.8, 4) is 11.5 Å². The van der Waals surface area contributed by atoms with Crippen molar-refractivity contribution in [2.45, 2.75) is 11.8 Å². The Hall–Kier alpha value is -3.57. The van der Waals surface area contributed by atoms with Crippen LogP contribution in [0.5, 0.6) is 11.5 Å². The quantitative estimate of drug-likeness (QED) is 0.388. The molecule has 3 aromatic rings. The first kappa shape index (κ1) is 25.1. The van der Waals surface area contributed by atoms with Gasteiger partial charge in [0.2, 0.25) is 0 Å². The second-order valence-electron chi connectivity index (χ2n) is 7.05. The van der Waals surface area contributed by atoms with E-state index in [-0.39, 0.29) is 21.7 Å². The number of carbonyl (C=O) groups is 2. The van der Waals surface area contributed by atoms with Crippen molar-refractivity contribution in [3.05, 3.63) is 81.8 Å². The second-order valence-corrected chi connectivity index (χ2v) is 9.65. The van der Waals surface area contributed by atoms with Crippen LogP contribution in [0.4, 0.5) is 5.69 Å². The molecule has 0 aromatic heterocycles. The van der Waals surface area contributed by atoms with Gasteiger partial charge < -0.3 is 9.47 Å². The maximum absolute atomic E-state index is 12.5. The standard InChI is InChI=1S/C23H22BrN3O6S/c1-14-20(32-2)12-16(13-21(14)33-3)23(29)26-25-22(28)15-4-8-18(9-5-15)27-34(30,31)19-10-6-17(24)7-11-19/h4-13,27H,1-3H3,(H,25,28)(H,26,29). The lowest BCUT2D eigenvalue weighted by atomic mass is 10.1. The van der Waals surface area contributed by atoms with Crippen LogP contribution in [-0.4, -0.2) is 34.5 Å². The molecule has 2 amide bonds. The first-order valence-corrected chi connectivity index (χ1v) is 12.1. The first-order chi connectivity index (χ1) is 16.1. The number of sulfonamides is 1. The zero-order valence-electron chi connectivity index (χ0n) is 18.5. The topological polar surface area (TPSA) is 123 Å². The van der Waals surface area contributed by atoms with Crippen LogP contribution in [0.2, 0.25) is 0 Å². The summed E-state index contributed by atoms with van der Waals surface area (Å²) in [6.07, 6.45) is 0. The summed E-state index contributed by atoms with van der Waals surface area (Å²) in [5, 5.41) is 0. The molecular weight excluding hydrogens is 526 g/mol. The second kappa shape index (κ2) is 10.6. The number of carbonyl (C=O) groups excluding carboxylic acids is 2. The van der Waals surface area contributed by atoms with Gasteiger partial charge in [-0.25, -0.2) is 8.42 Å². The minimum absolute atomic E-state index is 0.101. The Balaban J connectivity index is 1.64. The molecule has 3 aromatic carbocycles. The third kappa shape index (κ3) is 5.86. The third-order valence-electron chi connectivity index (χ3n) is 4.83. The fraction of sp³-hybridized carbons (Fsp3) is 0.130. The lowest BCUT2D eigenvalue weighted by Gasteiger charge is -2.13. The smallest absolute Gasteiger partial charge is 0.269 e. The Morgan fingerprint density at radius 2 is 1.29 bits per heavy atom. The molecule has 9 nitrogen and oxygen atoms in total. The number of benzene rings is 3. The summed E-state index contributed by atoms with van der Waals surface area (Å²) in [5.74, 6) is -0.209. The molecule has 0 unspecified atom stereocenters. The summed E-state index contributed by atoms with van der Waals surface area (Å²) in [5.41, 5.74) is 6.12. The molecule has 3 N–H and O–H groups in total. The highest BCUT2D eigenvalue weighted by atomic mass is 79.9. The molecule has 0 bridgehead atoms. The zero-order valence-corrected chi connectivity index (χ0v) is 20.9. The molecule has 178 valence electrons. The van der Waals surface area contributed by atoms with Crippen LogP contribution >= 0.6 is 15.9 Å². The lowest BCUT2D eigenvalue weighted by Crippen LogP contribution is -2.41. The molecule has 0 aliphatic heterocycles. The Bertz CT molecular complexity index is 1280. The molecule has 11 heteroatoms. The van der Waals surface area contributed by atoms with Crippen molar-refractivity contribution >= 4 is 43.5 Å². The molecular formula is C23H22BrN3O6S. The lowest BCUT2D eigenvalue weighted by molar-refractivity contribution is 0.0846. The Kier molecular flexibility index (Phi) is 7.79. The molecule has 0 aliphatic carbocycles. The molecule has 34 heavy (non-hydrogen) atoms. The number of hydrogen-bond acceptors (Lipinski definition) is 6. The van der Waals surface area contributed by atoms with Crippen LogP contribution in [0.3, 0.4) is 0 Å². The van der Waals surface area contributed by atoms with Crippen molar-refractivity contribution in [1.29, 1.82) is 0 Å². The molecule has 0 saturated heterocycles. The summed E-state index contributed by atoms with van der Waals surface area (Å²) >= 11 is 3.26. The van der Waals surface area contributed by atoms with Crippen LogP contribution in [0.25, 0.3) is 0 Å². The summed E-state index contributed by atoms with van der Waals surface area (Å²) in [6, 6.07) is 15.0. The van der Waals surface area contributed by atoms with Gasteiger partial charge in [0.25, 0.3) is 21.8 Å². The number of hydrazine groups is 1. The van der Waals surface area contributed by atoms with Crippen molar-refractivity contribution < 1.29 is 27.5 Å². The minimum Gasteiger partial charge on any atom is -0.496 e. The van der Waals surface area contributed by atoms with Crippen LogP contribution in [0, 0.1) is 6.92 Å². The third-order valence-corrected chi connectivity index (χ3v) is 6.75. The van der Waals surface area contributed by atoms with E-state index >= 15 is 0 Å². The van der Waals surface area contributed by atoms with E-state index < -0.39 is 21.8 Å². The highest BCUT2D eigenvalue weighted by Gasteiger charge is 2.16. The Morgan fingerprint density at radius 1 is 0.794 bits per heavy atom. The molecule has 3 rings (SSSR count). The molecule has 0 aliphatic rings. The van der Waals surface area contributed by atoms with Gasteiger partial charge in [-0.15, -0.1) is 0 Å². The van der Waals surface area contributed by atoms with Gasteiger partial charge in [-0.05, 0) is 67.6 Å². The van der Waals surface area contributed by atoms with Crippen molar-refractivity contribution in [1.82, 2.24) is 10.9 Å². The maximum Gasteiger partial charge on any atom is 0.269 e. The normalized spacial score (nSPS) is 10.8.